The van der Waals surface area contributed by atoms with Gasteiger partial charge in [0.1, 0.15) is 5.82 Å². The van der Waals surface area contributed by atoms with Gasteiger partial charge in [-0.15, -0.1) is 11.8 Å². The molecule has 0 saturated heterocycles. The Hall–Kier alpha value is -0.870. The lowest BCUT2D eigenvalue weighted by Crippen LogP contribution is -1.99. The Labute approximate surface area is 95.5 Å². The van der Waals surface area contributed by atoms with Gasteiger partial charge in [-0.25, -0.2) is 9.38 Å². The van der Waals surface area contributed by atoms with Crippen LogP contribution in [0.4, 0.5) is 4.39 Å². The van der Waals surface area contributed by atoms with Crippen molar-refractivity contribution in [2.24, 2.45) is 4.99 Å². The molecular weight excluding hydrogens is 237 g/mol. The van der Waals surface area contributed by atoms with E-state index in [0.29, 0.717) is 27.8 Å². The minimum atomic E-state index is -0.356. The maximum absolute atomic E-state index is 13.4. The molecule has 1 amide bonds. The van der Waals surface area contributed by atoms with E-state index in [9.17, 15) is 9.18 Å². The van der Waals surface area contributed by atoms with E-state index in [1.165, 1.54) is 17.8 Å². The summed E-state index contributed by atoms with van der Waals surface area (Å²) in [5.74, 6) is -0.172. The molecule has 0 bridgehead atoms. The Kier molecular flexibility index (Phi) is 3.07. The highest BCUT2D eigenvalue weighted by Gasteiger charge is 2.17. The summed E-state index contributed by atoms with van der Waals surface area (Å²) in [6, 6.07) is 4.53. The molecule has 0 N–H and O–H groups in total. The van der Waals surface area contributed by atoms with Crippen molar-refractivity contribution in [2.45, 2.75) is 6.42 Å². The third-order valence-corrected chi connectivity index (χ3v) is 3.32. The molecule has 0 radical (unpaired) electrons. The number of aliphatic imine (C=N–C) groups is 1. The lowest BCUT2D eigenvalue weighted by atomic mass is 10.1. The van der Waals surface area contributed by atoms with E-state index >= 15 is 0 Å². The summed E-state index contributed by atoms with van der Waals surface area (Å²) in [5, 5.41) is 1.00. The molecule has 1 aliphatic rings. The quantitative estimate of drug-likeness (QED) is 0.799. The summed E-state index contributed by atoms with van der Waals surface area (Å²) in [6.07, 6.45) is 0.294. The molecule has 15 heavy (non-hydrogen) atoms. The highest BCUT2D eigenvalue weighted by Crippen LogP contribution is 2.24. The predicted molar refractivity (Wildman–Crippen MR) is 60.0 cm³/mol. The van der Waals surface area contributed by atoms with Crippen LogP contribution >= 0.6 is 23.4 Å². The second kappa shape index (κ2) is 4.33. The van der Waals surface area contributed by atoms with E-state index in [-0.39, 0.29) is 11.7 Å². The van der Waals surface area contributed by atoms with E-state index in [2.05, 4.69) is 4.99 Å². The maximum atomic E-state index is 13.4. The van der Waals surface area contributed by atoms with E-state index in [4.69, 9.17) is 11.6 Å². The van der Waals surface area contributed by atoms with Gasteiger partial charge in [-0.1, -0.05) is 17.7 Å². The van der Waals surface area contributed by atoms with E-state index in [1.807, 2.05) is 0 Å². The first-order valence-corrected chi connectivity index (χ1v) is 5.69. The number of carbonyl (C=O) groups is 1. The lowest BCUT2D eigenvalue weighted by molar-refractivity contribution is -0.115. The zero-order chi connectivity index (χ0) is 10.8. The zero-order valence-electron chi connectivity index (χ0n) is 7.67. The van der Waals surface area contributed by atoms with Crippen LogP contribution in [0.1, 0.15) is 5.56 Å². The number of halogens is 2. The molecule has 78 valence electrons. The number of nitrogens with zero attached hydrogens (tertiary/aromatic N) is 1. The third-order valence-electron chi connectivity index (χ3n) is 2.00. The Balaban J connectivity index is 2.24. The van der Waals surface area contributed by atoms with Crippen LogP contribution in [0.15, 0.2) is 23.2 Å². The summed E-state index contributed by atoms with van der Waals surface area (Å²) in [6.45, 7) is 0. The number of hydrogen-bond donors (Lipinski definition) is 0. The first-order valence-electron chi connectivity index (χ1n) is 4.33. The summed E-state index contributed by atoms with van der Waals surface area (Å²) >= 11 is 7.19. The highest BCUT2D eigenvalue weighted by molar-refractivity contribution is 8.15. The first kappa shape index (κ1) is 10.6. The third kappa shape index (κ3) is 2.38. The molecule has 0 aromatic heterocycles. The SMILES string of the molecule is O=C1CSC(Cc2c(F)cccc2Cl)=N1. The topological polar surface area (TPSA) is 29.4 Å². The molecule has 5 heteroatoms. The van der Waals surface area contributed by atoms with Crippen LogP contribution in [0.25, 0.3) is 0 Å². The van der Waals surface area contributed by atoms with Crippen LogP contribution in [0.2, 0.25) is 5.02 Å². The number of thioether (sulfide) groups is 1. The van der Waals surface area contributed by atoms with Crippen molar-refractivity contribution in [3.63, 3.8) is 0 Å². The minimum Gasteiger partial charge on any atom is -0.272 e. The Bertz CT molecular complexity index is 427. The molecule has 0 unspecified atom stereocenters. The van der Waals surface area contributed by atoms with E-state index in [0.717, 1.165) is 0 Å². The fourth-order valence-corrected chi connectivity index (χ4v) is 2.29. The number of hydrogen-bond acceptors (Lipinski definition) is 2. The molecule has 1 aromatic carbocycles. The average Bonchev–Trinajstić information content (AvgIpc) is 2.58. The average molecular weight is 244 g/mol. The van der Waals surface area contributed by atoms with Crippen LogP contribution in [-0.4, -0.2) is 16.7 Å². The number of rotatable bonds is 2. The van der Waals surface area contributed by atoms with Crippen molar-refractivity contribution < 1.29 is 9.18 Å². The largest absolute Gasteiger partial charge is 0.272 e. The van der Waals surface area contributed by atoms with Gasteiger partial charge < -0.3 is 0 Å². The second-order valence-electron chi connectivity index (χ2n) is 3.06. The highest BCUT2D eigenvalue weighted by atomic mass is 35.5. The van der Waals surface area contributed by atoms with Gasteiger partial charge in [-0.2, -0.15) is 0 Å². The summed E-state index contributed by atoms with van der Waals surface area (Å²) < 4.78 is 13.4. The molecule has 0 aliphatic carbocycles. The van der Waals surface area contributed by atoms with Gasteiger partial charge in [-0.3, -0.25) is 4.79 Å². The molecule has 1 heterocycles. The molecule has 2 nitrogen and oxygen atoms in total. The molecule has 0 spiro atoms. The molecule has 0 fully saturated rings. The number of carbonyl (C=O) groups excluding carboxylic acids is 1. The van der Waals surface area contributed by atoms with Crippen molar-refractivity contribution in [1.82, 2.24) is 0 Å². The van der Waals surface area contributed by atoms with Gasteiger partial charge >= 0.3 is 0 Å². The van der Waals surface area contributed by atoms with Crippen molar-refractivity contribution >= 4 is 34.3 Å². The molecule has 0 saturated carbocycles. The first-order chi connectivity index (χ1) is 7.16. The van der Waals surface area contributed by atoms with Crippen molar-refractivity contribution in [3.05, 3.63) is 34.6 Å². The zero-order valence-corrected chi connectivity index (χ0v) is 9.24. The molecule has 1 aromatic rings. The Morgan fingerprint density at radius 2 is 2.33 bits per heavy atom. The summed E-state index contributed by atoms with van der Waals surface area (Å²) in [7, 11) is 0. The lowest BCUT2D eigenvalue weighted by Gasteiger charge is -2.04. The maximum Gasteiger partial charge on any atom is 0.256 e. The standard InChI is InChI=1S/C10H7ClFNOS/c11-7-2-1-3-8(12)6(7)4-10-13-9(14)5-15-10/h1-3H,4-5H2. The fraction of sp³-hybridized carbons (Fsp3) is 0.200. The van der Waals surface area contributed by atoms with Crippen LogP contribution in [0.5, 0.6) is 0 Å². The number of amides is 1. The normalized spacial score (nSPS) is 15.6. The van der Waals surface area contributed by atoms with Crippen LogP contribution in [0.3, 0.4) is 0 Å². The smallest absolute Gasteiger partial charge is 0.256 e. The van der Waals surface area contributed by atoms with E-state index in [1.54, 1.807) is 12.1 Å². The van der Waals surface area contributed by atoms with Crippen LogP contribution in [-0.2, 0) is 11.2 Å². The molecular formula is C10H7ClFNOS. The molecule has 0 atom stereocenters. The summed E-state index contributed by atoms with van der Waals surface area (Å²) in [4.78, 5) is 14.7. The number of benzene rings is 1. The fourth-order valence-electron chi connectivity index (χ4n) is 1.29. The summed E-state index contributed by atoms with van der Waals surface area (Å²) in [5.41, 5.74) is 0.403. The predicted octanol–water partition coefficient (Wildman–Crippen LogP) is 2.69. The van der Waals surface area contributed by atoms with Crippen LogP contribution < -0.4 is 0 Å². The van der Waals surface area contributed by atoms with Gasteiger partial charge in [0.05, 0.1) is 10.8 Å². The van der Waals surface area contributed by atoms with Crippen molar-refractivity contribution in [3.8, 4) is 0 Å². The van der Waals surface area contributed by atoms with Gasteiger partial charge in [0.2, 0.25) is 0 Å². The molecule has 2 rings (SSSR count). The monoisotopic (exact) mass is 243 g/mol. The van der Waals surface area contributed by atoms with Gasteiger partial charge in [0.25, 0.3) is 5.91 Å². The Morgan fingerprint density at radius 3 is 2.93 bits per heavy atom. The van der Waals surface area contributed by atoms with Gasteiger partial charge in [-0.05, 0) is 12.1 Å². The molecule has 1 aliphatic heterocycles. The van der Waals surface area contributed by atoms with Gasteiger partial charge in [0.15, 0.2) is 0 Å². The second-order valence-corrected chi connectivity index (χ2v) is 4.52. The van der Waals surface area contributed by atoms with Crippen molar-refractivity contribution in [2.75, 3.05) is 5.75 Å². The van der Waals surface area contributed by atoms with Crippen LogP contribution in [0, 0.1) is 5.82 Å². The Morgan fingerprint density at radius 1 is 1.53 bits per heavy atom. The van der Waals surface area contributed by atoms with Gasteiger partial charge in [0, 0.05) is 17.0 Å². The minimum absolute atomic E-state index is 0.164. The van der Waals surface area contributed by atoms with E-state index < -0.39 is 0 Å². The van der Waals surface area contributed by atoms with Crippen molar-refractivity contribution in [1.29, 1.82) is 0 Å².